The van der Waals surface area contributed by atoms with Crippen LogP contribution in [0.3, 0.4) is 0 Å². The number of amides is 1. The molecule has 150 valence electrons. The van der Waals surface area contributed by atoms with Gasteiger partial charge < -0.3 is 14.8 Å². The van der Waals surface area contributed by atoms with Gasteiger partial charge in [-0.15, -0.1) is 0 Å². The Bertz CT molecular complexity index is 1090. The maximum absolute atomic E-state index is 12.6. The highest BCUT2D eigenvalue weighted by Gasteiger charge is 2.34. The molecule has 1 aromatic carbocycles. The molecular formula is C21H23N5O3. The molecule has 1 atom stereocenters. The fourth-order valence-electron chi connectivity index (χ4n) is 3.87. The maximum Gasteiger partial charge on any atom is 0.252 e. The normalized spacial score (nSPS) is 15.6. The van der Waals surface area contributed by atoms with Crippen LogP contribution in [0.25, 0.3) is 5.95 Å². The number of fused-ring (bicyclic) bond motifs is 1. The molecule has 0 saturated heterocycles. The standard InChI is InChI=1S/C21H23N5O3/c1-11-8-12(2)23-21(22-11)26-20-19(13(3)25-26)16(10-18(27)24-20)15-7-6-14(28-4)9-17(15)29-5/h6-9,16H,10H2,1-5H3,(H,24,27). The van der Waals surface area contributed by atoms with Crippen LogP contribution >= 0.6 is 0 Å². The molecule has 3 aromatic rings. The van der Waals surface area contributed by atoms with Gasteiger partial charge in [-0.1, -0.05) is 6.07 Å². The van der Waals surface area contributed by atoms with Gasteiger partial charge in [0.15, 0.2) is 0 Å². The van der Waals surface area contributed by atoms with Gasteiger partial charge >= 0.3 is 0 Å². The van der Waals surface area contributed by atoms with Crippen molar-refractivity contribution in [1.82, 2.24) is 19.7 Å². The molecule has 0 saturated carbocycles. The summed E-state index contributed by atoms with van der Waals surface area (Å²) in [6, 6.07) is 7.54. The first-order valence-corrected chi connectivity index (χ1v) is 9.35. The molecule has 2 aromatic heterocycles. The van der Waals surface area contributed by atoms with Crippen molar-refractivity contribution in [1.29, 1.82) is 0 Å². The molecule has 29 heavy (non-hydrogen) atoms. The van der Waals surface area contributed by atoms with Gasteiger partial charge in [-0.2, -0.15) is 9.78 Å². The summed E-state index contributed by atoms with van der Waals surface area (Å²) in [7, 11) is 3.22. The first-order chi connectivity index (χ1) is 13.9. The Morgan fingerprint density at radius 3 is 2.45 bits per heavy atom. The van der Waals surface area contributed by atoms with Crippen molar-refractivity contribution in [3.05, 3.63) is 52.5 Å². The van der Waals surface area contributed by atoms with Crippen LogP contribution in [0.15, 0.2) is 24.3 Å². The molecule has 3 heterocycles. The Labute approximate surface area is 168 Å². The molecule has 1 N–H and O–H groups in total. The van der Waals surface area contributed by atoms with Gasteiger partial charge in [0.25, 0.3) is 5.95 Å². The lowest BCUT2D eigenvalue weighted by atomic mass is 9.85. The number of hydrogen-bond donors (Lipinski definition) is 1. The van der Waals surface area contributed by atoms with Crippen LogP contribution in [0.5, 0.6) is 11.5 Å². The number of nitrogens with zero attached hydrogens (tertiary/aromatic N) is 4. The summed E-state index contributed by atoms with van der Waals surface area (Å²) < 4.78 is 12.5. The number of ether oxygens (including phenoxy) is 2. The lowest BCUT2D eigenvalue weighted by Crippen LogP contribution is -2.25. The minimum Gasteiger partial charge on any atom is -0.497 e. The van der Waals surface area contributed by atoms with Crippen LogP contribution in [-0.2, 0) is 4.79 Å². The van der Waals surface area contributed by atoms with Gasteiger partial charge in [0.2, 0.25) is 5.91 Å². The fraction of sp³-hybridized carbons (Fsp3) is 0.333. The second-order valence-corrected chi connectivity index (χ2v) is 7.12. The number of anilines is 1. The molecule has 4 rings (SSSR count). The Morgan fingerprint density at radius 2 is 1.79 bits per heavy atom. The van der Waals surface area contributed by atoms with Gasteiger partial charge in [0.05, 0.1) is 19.9 Å². The number of hydrogen-bond acceptors (Lipinski definition) is 6. The lowest BCUT2D eigenvalue weighted by Gasteiger charge is -2.25. The average molecular weight is 393 g/mol. The zero-order chi connectivity index (χ0) is 20.7. The zero-order valence-corrected chi connectivity index (χ0v) is 17.1. The smallest absolute Gasteiger partial charge is 0.252 e. The molecule has 0 bridgehead atoms. The number of aromatic nitrogens is 4. The first kappa shape index (κ1) is 18.9. The summed E-state index contributed by atoms with van der Waals surface area (Å²) >= 11 is 0. The summed E-state index contributed by atoms with van der Waals surface area (Å²) in [6.45, 7) is 5.74. The third kappa shape index (κ3) is 3.30. The maximum atomic E-state index is 12.6. The number of nitrogens with one attached hydrogen (secondary N) is 1. The van der Waals surface area contributed by atoms with Crippen LogP contribution in [0.1, 0.15) is 40.5 Å². The minimum atomic E-state index is -0.195. The Balaban J connectivity index is 1.89. The zero-order valence-electron chi connectivity index (χ0n) is 17.1. The minimum absolute atomic E-state index is 0.0918. The highest BCUT2D eigenvalue weighted by atomic mass is 16.5. The van der Waals surface area contributed by atoms with Crippen molar-refractivity contribution in [2.75, 3.05) is 19.5 Å². The number of carbonyl (C=O) groups is 1. The fourth-order valence-corrected chi connectivity index (χ4v) is 3.87. The Morgan fingerprint density at radius 1 is 1.07 bits per heavy atom. The van der Waals surface area contributed by atoms with Crippen LogP contribution < -0.4 is 14.8 Å². The highest BCUT2D eigenvalue weighted by Crippen LogP contribution is 2.43. The van der Waals surface area contributed by atoms with Crippen molar-refractivity contribution >= 4 is 11.7 Å². The molecule has 8 nitrogen and oxygen atoms in total. The second kappa shape index (κ2) is 7.20. The molecule has 1 aliphatic rings. The number of rotatable bonds is 4. The van der Waals surface area contributed by atoms with Crippen molar-refractivity contribution in [2.45, 2.75) is 33.1 Å². The monoisotopic (exact) mass is 393 g/mol. The molecule has 0 aliphatic carbocycles. The van der Waals surface area contributed by atoms with Crippen molar-refractivity contribution in [3.63, 3.8) is 0 Å². The quantitative estimate of drug-likeness (QED) is 0.732. The van der Waals surface area contributed by atoms with E-state index in [2.05, 4.69) is 20.4 Å². The summed E-state index contributed by atoms with van der Waals surface area (Å²) in [5.74, 6) is 2.12. The molecule has 0 radical (unpaired) electrons. The van der Waals surface area contributed by atoms with Crippen LogP contribution in [-0.4, -0.2) is 39.9 Å². The van der Waals surface area contributed by atoms with E-state index in [1.165, 1.54) is 0 Å². The van der Waals surface area contributed by atoms with E-state index >= 15 is 0 Å². The van der Waals surface area contributed by atoms with E-state index in [-0.39, 0.29) is 11.8 Å². The molecule has 0 fully saturated rings. The first-order valence-electron chi connectivity index (χ1n) is 9.35. The van der Waals surface area contributed by atoms with E-state index in [4.69, 9.17) is 9.47 Å². The lowest BCUT2D eigenvalue weighted by molar-refractivity contribution is -0.116. The molecule has 1 amide bonds. The van der Waals surface area contributed by atoms with E-state index in [0.717, 1.165) is 28.2 Å². The van der Waals surface area contributed by atoms with Crippen molar-refractivity contribution in [2.24, 2.45) is 0 Å². The summed E-state index contributed by atoms with van der Waals surface area (Å²) in [4.78, 5) is 21.6. The Kier molecular flexibility index (Phi) is 4.70. The third-order valence-corrected chi connectivity index (χ3v) is 5.08. The van der Waals surface area contributed by atoms with E-state index in [9.17, 15) is 4.79 Å². The predicted molar refractivity (Wildman–Crippen MR) is 108 cm³/mol. The topological polar surface area (TPSA) is 91.2 Å². The third-order valence-electron chi connectivity index (χ3n) is 5.08. The van der Waals surface area contributed by atoms with Crippen LogP contribution in [0, 0.1) is 20.8 Å². The van der Waals surface area contributed by atoms with E-state index in [1.807, 2.05) is 45.0 Å². The van der Waals surface area contributed by atoms with E-state index < -0.39 is 0 Å². The van der Waals surface area contributed by atoms with Gasteiger partial charge in [0, 0.05) is 40.9 Å². The Hall–Kier alpha value is -3.42. The molecule has 1 unspecified atom stereocenters. The largest absolute Gasteiger partial charge is 0.497 e. The molecule has 1 aliphatic heterocycles. The van der Waals surface area contributed by atoms with Gasteiger partial charge in [-0.05, 0) is 32.9 Å². The van der Waals surface area contributed by atoms with Crippen molar-refractivity contribution < 1.29 is 14.3 Å². The van der Waals surface area contributed by atoms with Crippen molar-refractivity contribution in [3.8, 4) is 17.4 Å². The number of methoxy groups -OCH3 is 2. The van der Waals surface area contributed by atoms with Gasteiger partial charge in [-0.3, -0.25) is 4.79 Å². The number of carbonyl (C=O) groups excluding carboxylic acids is 1. The number of aryl methyl sites for hydroxylation is 3. The van der Waals surface area contributed by atoms with Gasteiger partial charge in [0.1, 0.15) is 17.3 Å². The SMILES string of the molecule is COc1ccc(C2CC(=O)Nc3c2c(C)nn3-c2nc(C)cc(C)n2)c(OC)c1. The second-order valence-electron chi connectivity index (χ2n) is 7.12. The van der Waals surface area contributed by atoms with Crippen LogP contribution in [0.4, 0.5) is 5.82 Å². The molecular weight excluding hydrogens is 370 g/mol. The summed E-state index contributed by atoms with van der Waals surface area (Å²) in [6.07, 6.45) is 0.302. The molecule has 0 spiro atoms. The predicted octanol–water partition coefficient (Wildman–Crippen LogP) is 3.08. The van der Waals surface area contributed by atoms with E-state index in [1.54, 1.807) is 18.9 Å². The highest BCUT2D eigenvalue weighted by molar-refractivity contribution is 5.95. The average Bonchev–Trinajstić information content (AvgIpc) is 3.02. The van der Waals surface area contributed by atoms with E-state index in [0.29, 0.717) is 29.7 Å². The summed E-state index contributed by atoms with van der Waals surface area (Å²) in [5, 5.41) is 7.62. The summed E-state index contributed by atoms with van der Waals surface area (Å²) in [5.41, 5.74) is 4.34. The number of benzene rings is 1. The molecule has 8 heteroatoms. The van der Waals surface area contributed by atoms with Gasteiger partial charge in [-0.25, -0.2) is 9.97 Å². The van der Waals surface area contributed by atoms with Crippen LogP contribution in [0.2, 0.25) is 0 Å².